The molecule has 0 spiro atoms. The topological polar surface area (TPSA) is 53.4 Å². The number of rotatable bonds is 2. The summed E-state index contributed by atoms with van der Waals surface area (Å²) in [5.41, 5.74) is 0.815. The van der Waals surface area contributed by atoms with Crippen molar-refractivity contribution in [1.29, 1.82) is 0 Å². The Bertz CT molecular complexity index is 444. The monoisotopic (exact) mass is 221 g/mol. The standard InChI is InChI=1S/C9H8ClN5/c1-15-6-8(2-3-13-15)14-9-11-4-7(10)5-12-9/h2,4-6H,1H3,(H,11,12,14). The lowest BCUT2D eigenvalue weighted by Crippen LogP contribution is -2.10. The van der Waals surface area contributed by atoms with Gasteiger partial charge in [-0.05, 0) is 0 Å². The Kier molecular flexibility index (Phi) is 2.67. The summed E-state index contributed by atoms with van der Waals surface area (Å²) >= 11 is 5.67. The average molecular weight is 222 g/mol. The van der Waals surface area contributed by atoms with Gasteiger partial charge < -0.3 is 5.32 Å². The van der Waals surface area contributed by atoms with Crippen molar-refractivity contribution in [3.8, 4) is 0 Å². The molecule has 5 nitrogen and oxygen atoms in total. The molecule has 1 aromatic rings. The summed E-state index contributed by atoms with van der Waals surface area (Å²) in [6.45, 7) is 0. The van der Waals surface area contributed by atoms with E-state index < -0.39 is 0 Å². The second-order valence-corrected chi connectivity index (χ2v) is 3.32. The highest BCUT2D eigenvalue weighted by molar-refractivity contribution is 6.30. The zero-order valence-electron chi connectivity index (χ0n) is 7.98. The number of halogens is 1. The first-order valence-electron chi connectivity index (χ1n) is 4.22. The van der Waals surface area contributed by atoms with Crippen LogP contribution >= 0.6 is 11.6 Å². The highest BCUT2D eigenvalue weighted by atomic mass is 35.5. The summed E-state index contributed by atoms with van der Waals surface area (Å²) in [5, 5.41) is 9.03. The molecule has 1 aliphatic rings. The summed E-state index contributed by atoms with van der Waals surface area (Å²) in [6.07, 6.45) is 6.57. The smallest absolute Gasteiger partial charge is 0.227 e. The van der Waals surface area contributed by atoms with Crippen LogP contribution in [-0.4, -0.2) is 27.9 Å². The number of hydrogen-bond donors (Lipinski definition) is 1. The summed E-state index contributed by atoms with van der Waals surface area (Å²) in [6, 6.07) is 0. The van der Waals surface area contributed by atoms with Crippen molar-refractivity contribution in [2.45, 2.75) is 0 Å². The quantitative estimate of drug-likeness (QED) is 0.822. The molecule has 0 amide bonds. The molecule has 0 fully saturated rings. The minimum Gasteiger partial charge on any atom is -0.322 e. The van der Waals surface area contributed by atoms with E-state index in [-0.39, 0.29) is 0 Å². The zero-order chi connectivity index (χ0) is 10.7. The van der Waals surface area contributed by atoms with Crippen molar-refractivity contribution in [3.05, 3.63) is 35.4 Å². The van der Waals surface area contributed by atoms with Gasteiger partial charge in [-0.2, -0.15) is 0 Å². The van der Waals surface area contributed by atoms with Crippen LogP contribution in [0.25, 0.3) is 0 Å². The zero-order valence-corrected chi connectivity index (χ0v) is 8.73. The fourth-order valence-corrected chi connectivity index (χ4v) is 1.13. The lowest BCUT2D eigenvalue weighted by Gasteiger charge is -2.11. The molecule has 0 atom stereocenters. The molecule has 0 radical (unpaired) electrons. The Labute approximate surface area is 91.8 Å². The normalized spacial score (nSPS) is 14.0. The SMILES string of the molecule is CN1C=C(Nc2ncc(Cl)cn2)C=C=N1. The van der Waals surface area contributed by atoms with Gasteiger partial charge in [0, 0.05) is 25.2 Å². The number of allylic oxidation sites excluding steroid dienone is 1. The van der Waals surface area contributed by atoms with Gasteiger partial charge in [-0.3, -0.25) is 5.01 Å². The molecule has 1 N–H and O–H groups in total. The predicted molar refractivity (Wildman–Crippen MR) is 58.5 cm³/mol. The van der Waals surface area contributed by atoms with Gasteiger partial charge in [0.2, 0.25) is 5.95 Å². The highest BCUT2D eigenvalue weighted by Gasteiger charge is 2.01. The molecule has 76 valence electrons. The van der Waals surface area contributed by atoms with Crippen molar-refractivity contribution >= 4 is 23.4 Å². The van der Waals surface area contributed by atoms with Crippen LogP contribution in [-0.2, 0) is 0 Å². The van der Waals surface area contributed by atoms with Crippen LogP contribution in [0.2, 0.25) is 5.02 Å². The average Bonchev–Trinajstić information content (AvgIpc) is 2.22. The lowest BCUT2D eigenvalue weighted by atomic mass is 10.4. The number of hydrazone groups is 1. The first-order chi connectivity index (χ1) is 7.24. The molecule has 0 saturated heterocycles. The molecule has 0 saturated carbocycles. The van der Waals surface area contributed by atoms with Gasteiger partial charge in [0.1, 0.15) is 0 Å². The number of hydrogen-bond acceptors (Lipinski definition) is 5. The molecule has 1 aromatic heterocycles. The van der Waals surface area contributed by atoms with Gasteiger partial charge >= 0.3 is 0 Å². The van der Waals surface area contributed by atoms with Gasteiger partial charge in [0.15, 0.2) is 0 Å². The first-order valence-corrected chi connectivity index (χ1v) is 4.60. The molecule has 6 heteroatoms. The maximum absolute atomic E-state index is 5.67. The molecule has 0 aliphatic carbocycles. The molecule has 0 bridgehead atoms. The second kappa shape index (κ2) is 4.13. The van der Waals surface area contributed by atoms with E-state index in [9.17, 15) is 0 Å². The minimum absolute atomic E-state index is 0.485. The van der Waals surface area contributed by atoms with E-state index in [0.29, 0.717) is 11.0 Å². The van der Waals surface area contributed by atoms with Crippen molar-refractivity contribution in [2.75, 3.05) is 12.4 Å². The Morgan fingerprint density at radius 2 is 2.13 bits per heavy atom. The van der Waals surface area contributed by atoms with Gasteiger partial charge in [0.25, 0.3) is 0 Å². The first kappa shape index (κ1) is 9.71. The van der Waals surface area contributed by atoms with E-state index in [4.69, 9.17) is 11.6 Å². The van der Waals surface area contributed by atoms with Crippen molar-refractivity contribution in [3.63, 3.8) is 0 Å². The minimum atomic E-state index is 0.485. The van der Waals surface area contributed by atoms with Gasteiger partial charge in [-0.25, -0.2) is 9.97 Å². The van der Waals surface area contributed by atoms with Crippen LogP contribution in [0.3, 0.4) is 0 Å². The fourth-order valence-electron chi connectivity index (χ4n) is 1.03. The van der Waals surface area contributed by atoms with Crippen LogP contribution in [0.4, 0.5) is 5.95 Å². The summed E-state index contributed by atoms with van der Waals surface area (Å²) in [7, 11) is 1.81. The van der Waals surface area contributed by atoms with Crippen molar-refractivity contribution < 1.29 is 0 Å². The van der Waals surface area contributed by atoms with Gasteiger partial charge in [-0.1, -0.05) is 11.6 Å². The molecule has 0 unspecified atom stereocenters. The van der Waals surface area contributed by atoms with E-state index in [1.165, 1.54) is 12.4 Å². The van der Waals surface area contributed by atoms with Crippen molar-refractivity contribution in [1.82, 2.24) is 15.0 Å². The summed E-state index contributed by atoms with van der Waals surface area (Å²) < 4.78 is 0. The Morgan fingerprint density at radius 3 is 2.80 bits per heavy atom. The fraction of sp³-hybridized carbons (Fsp3) is 0.111. The van der Waals surface area contributed by atoms with E-state index in [2.05, 4.69) is 26.3 Å². The third kappa shape index (κ3) is 2.56. The van der Waals surface area contributed by atoms with E-state index in [1.807, 2.05) is 7.05 Å². The number of nitrogens with zero attached hydrogens (tertiary/aromatic N) is 4. The number of aromatic nitrogens is 2. The molecule has 2 rings (SSSR count). The Balaban J connectivity index is 2.13. The number of nitrogens with one attached hydrogen (secondary N) is 1. The number of anilines is 1. The van der Waals surface area contributed by atoms with Crippen LogP contribution < -0.4 is 5.32 Å². The van der Waals surface area contributed by atoms with Crippen LogP contribution in [0.5, 0.6) is 0 Å². The van der Waals surface area contributed by atoms with E-state index in [0.717, 1.165) is 5.70 Å². The van der Waals surface area contributed by atoms with E-state index >= 15 is 0 Å². The molecular formula is C9H8ClN5. The van der Waals surface area contributed by atoms with E-state index in [1.54, 1.807) is 17.3 Å². The predicted octanol–water partition coefficient (Wildman–Crippen LogP) is 1.47. The largest absolute Gasteiger partial charge is 0.322 e. The molecule has 15 heavy (non-hydrogen) atoms. The molecule has 1 aliphatic heterocycles. The van der Waals surface area contributed by atoms with Crippen LogP contribution in [0.1, 0.15) is 0 Å². The van der Waals surface area contributed by atoms with Crippen LogP contribution in [0, 0.1) is 0 Å². The Morgan fingerprint density at radius 1 is 1.40 bits per heavy atom. The second-order valence-electron chi connectivity index (χ2n) is 2.88. The molecule has 2 heterocycles. The maximum Gasteiger partial charge on any atom is 0.227 e. The molecular weight excluding hydrogens is 214 g/mol. The summed E-state index contributed by atoms with van der Waals surface area (Å²) in [4.78, 5) is 8.01. The molecule has 0 aromatic carbocycles. The Hall–Kier alpha value is -1.84. The van der Waals surface area contributed by atoms with Crippen LogP contribution in [0.15, 0.2) is 35.5 Å². The van der Waals surface area contributed by atoms with Gasteiger partial charge in [-0.15, -0.1) is 5.10 Å². The third-order valence-electron chi connectivity index (χ3n) is 1.64. The highest BCUT2D eigenvalue weighted by Crippen LogP contribution is 2.09. The van der Waals surface area contributed by atoms with Crippen molar-refractivity contribution in [2.24, 2.45) is 5.10 Å². The maximum atomic E-state index is 5.67. The van der Waals surface area contributed by atoms with Gasteiger partial charge in [0.05, 0.1) is 23.1 Å². The lowest BCUT2D eigenvalue weighted by molar-refractivity contribution is 0.488. The third-order valence-corrected chi connectivity index (χ3v) is 1.83. The summed E-state index contributed by atoms with van der Waals surface area (Å²) in [5.74, 6) is 3.21.